The summed E-state index contributed by atoms with van der Waals surface area (Å²) in [4.78, 5) is 53.1. The van der Waals surface area contributed by atoms with Crippen LogP contribution < -0.4 is 10.6 Å². The number of carbonyl (C=O) groups is 4. The Morgan fingerprint density at radius 3 is 2.57 bits per heavy atom. The van der Waals surface area contributed by atoms with Crippen molar-refractivity contribution in [3.05, 3.63) is 35.9 Å². The van der Waals surface area contributed by atoms with Crippen molar-refractivity contribution in [2.24, 2.45) is 0 Å². The minimum Gasteiger partial charge on any atom is -0.354 e. The Morgan fingerprint density at radius 1 is 1.10 bits per heavy atom. The minimum atomic E-state index is -0.692. The average molecular weight is 412 g/mol. The van der Waals surface area contributed by atoms with Crippen molar-refractivity contribution in [1.29, 1.82) is 0 Å². The SMILES string of the molecule is O=C(NCCCN1C(=O)NC2(CCCC2)C1=O)[C@@H]1CCCN1C(=O)c1ccccc1. The van der Waals surface area contributed by atoms with Gasteiger partial charge in [0, 0.05) is 25.2 Å². The summed E-state index contributed by atoms with van der Waals surface area (Å²) in [5.74, 6) is -0.442. The molecule has 2 saturated heterocycles. The van der Waals surface area contributed by atoms with Crippen LogP contribution in [0.3, 0.4) is 0 Å². The third-order valence-corrected chi connectivity index (χ3v) is 6.40. The van der Waals surface area contributed by atoms with Gasteiger partial charge in [-0.3, -0.25) is 19.3 Å². The van der Waals surface area contributed by atoms with Gasteiger partial charge in [0.05, 0.1) is 0 Å². The van der Waals surface area contributed by atoms with Crippen molar-refractivity contribution in [2.45, 2.75) is 56.5 Å². The Kier molecular flexibility index (Phi) is 5.74. The summed E-state index contributed by atoms with van der Waals surface area (Å²) in [6.45, 7) is 1.20. The first-order valence-electron chi connectivity index (χ1n) is 10.8. The van der Waals surface area contributed by atoms with Crippen molar-refractivity contribution in [2.75, 3.05) is 19.6 Å². The summed E-state index contributed by atoms with van der Waals surface area (Å²) in [7, 11) is 0. The van der Waals surface area contributed by atoms with Gasteiger partial charge in [-0.25, -0.2) is 4.79 Å². The summed E-state index contributed by atoms with van der Waals surface area (Å²) in [5, 5.41) is 5.74. The summed E-state index contributed by atoms with van der Waals surface area (Å²) in [6, 6.07) is 8.17. The normalized spacial score (nSPS) is 22.6. The van der Waals surface area contributed by atoms with Crippen LogP contribution in [0.2, 0.25) is 0 Å². The van der Waals surface area contributed by atoms with Crippen LogP contribution in [0.15, 0.2) is 30.3 Å². The molecule has 1 spiro atoms. The third-order valence-electron chi connectivity index (χ3n) is 6.40. The maximum atomic E-state index is 12.7. The van der Waals surface area contributed by atoms with Crippen molar-refractivity contribution < 1.29 is 19.2 Å². The molecule has 2 N–H and O–H groups in total. The fourth-order valence-corrected chi connectivity index (χ4v) is 4.79. The van der Waals surface area contributed by atoms with Gasteiger partial charge in [0.1, 0.15) is 11.6 Å². The number of nitrogens with zero attached hydrogens (tertiary/aromatic N) is 2. The zero-order valence-electron chi connectivity index (χ0n) is 17.1. The van der Waals surface area contributed by atoms with E-state index in [1.54, 1.807) is 17.0 Å². The molecular weight excluding hydrogens is 384 g/mol. The van der Waals surface area contributed by atoms with E-state index in [9.17, 15) is 19.2 Å². The highest BCUT2D eigenvalue weighted by molar-refractivity contribution is 6.07. The van der Waals surface area contributed by atoms with E-state index in [1.165, 1.54) is 4.90 Å². The van der Waals surface area contributed by atoms with Crippen LogP contribution in [-0.4, -0.2) is 64.8 Å². The highest BCUT2D eigenvalue weighted by Gasteiger charge is 2.52. The lowest BCUT2D eigenvalue weighted by Crippen LogP contribution is -2.46. The molecule has 4 rings (SSSR count). The molecule has 0 radical (unpaired) electrons. The van der Waals surface area contributed by atoms with Crippen LogP contribution in [0.1, 0.15) is 55.3 Å². The zero-order valence-corrected chi connectivity index (χ0v) is 17.1. The number of likely N-dealkylation sites (tertiary alicyclic amines) is 1. The molecule has 0 aromatic heterocycles. The largest absolute Gasteiger partial charge is 0.354 e. The number of benzene rings is 1. The lowest BCUT2D eigenvalue weighted by molar-refractivity contribution is -0.131. The number of urea groups is 1. The smallest absolute Gasteiger partial charge is 0.325 e. The number of amides is 5. The van der Waals surface area contributed by atoms with Gasteiger partial charge >= 0.3 is 6.03 Å². The molecule has 1 aromatic carbocycles. The van der Waals surface area contributed by atoms with Crippen LogP contribution in [0.25, 0.3) is 0 Å². The predicted molar refractivity (Wildman–Crippen MR) is 110 cm³/mol. The predicted octanol–water partition coefficient (Wildman–Crippen LogP) is 1.66. The maximum Gasteiger partial charge on any atom is 0.325 e. The van der Waals surface area contributed by atoms with Crippen molar-refractivity contribution in [3.8, 4) is 0 Å². The van der Waals surface area contributed by atoms with Gasteiger partial charge in [0.2, 0.25) is 5.91 Å². The van der Waals surface area contributed by atoms with Gasteiger partial charge in [0.15, 0.2) is 0 Å². The van der Waals surface area contributed by atoms with Crippen LogP contribution in [-0.2, 0) is 9.59 Å². The van der Waals surface area contributed by atoms with E-state index in [4.69, 9.17) is 0 Å². The molecule has 3 aliphatic rings. The number of carbonyl (C=O) groups excluding carboxylic acids is 4. The first-order chi connectivity index (χ1) is 14.5. The van der Waals surface area contributed by atoms with Gasteiger partial charge in [-0.05, 0) is 44.2 Å². The number of imide groups is 1. The Balaban J connectivity index is 1.26. The highest BCUT2D eigenvalue weighted by atomic mass is 16.2. The molecule has 8 heteroatoms. The summed E-state index contributed by atoms with van der Waals surface area (Å²) in [6.07, 6.45) is 5.24. The first kappa shape index (κ1) is 20.4. The quantitative estimate of drug-likeness (QED) is 0.548. The van der Waals surface area contributed by atoms with Crippen molar-refractivity contribution in [1.82, 2.24) is 20.4 Å². The fourth-order valence-electron chi connectivity index (χ4n) is 4.79. The molecule has 160 valence electrons. The van der Waals surface area contributed by atoms with E-state index in [-0.39, 0.29) is 30.3 Å². The topological polar surface area (TPSA) is 98.8 Å². The minimum absolute atomic E-state index is 0.130. The Labute approximate surface area is 176 Å². The molecule has 1 aromatic rings. The third kappa shape index (κ3) is 3.78. The monoisotopic (exact) mass is 412 g/mol. The molecular formula is C22H28N4O4. The summed E-state index contributed by atoms with van der Waals surface area (Å²) < 4.78 is 0. The van der Waals surface area contributed by atoms with Gasteiger partial charge in [0.25, 0.3) is 11.8 Å². The zero-order chi connectivity index (χ0) is 21.1. The van der Waals surface area contributed by atoms with Gasteiger partial charge in [-0.1, -0.05) is 31.0 Å². The van der Waals surface area contributed by atoms with Gasteiger partial charge in [-0.15, -0.1) is 0 Å². The molecule has 2 aliphatic heterocycles. The van der Waals surface area contributed by atoms with Crippen LogP contribution >= 0.6 is 0 Å². The molecule has 8 nitrogen and oxygen atoms in total. The second-order valence-corrected chi connectivity index (χ2v) is 8.34. The molecule has 0 bridgehead atoms. The van der Waals surface area contributed by atoms with E-state index in [0.717, 1.165) is 19.3 Å². The molecule has 2 heterocycles. The van der Waals surface area contributed by atoms with E-state index in [0.29, 0.717) is 44.3 Å². The Bertz CT molecular complexity index is 835. The number of rotatable bonds is 6. The fraction of sp³-hybridized carbons (Fsp3) is 0.545. The van der Waals surface area contributed by atoms with Gasteiger partial charge in [-0.2, -0.15) is 0 Å². The maximum absolute atomic E-state index is 12.7. The number of hydrogen-bond acceptors (Lipinski definition) is 4. The second kappa shape index (κ2) is 8.45. The Hall–Kier alpha value is -2.90. The van der Waals surface area contributed by atoms with E-state index in [2.05, 4.69) is 10.6 Å². The highest BCUT2D eigenvalue weighted by Crippen LogP contribution is 2.35. The molecule has 1 aliphatic carbocycles. The Morgan fingerprint density at radius 2 is 1.83 bits per heavy atom. The summed E-state index contributed by atoms with van der Waals surface area (Å²) in [5.41, 5.74) is -0.112. The number of hydrogen-bond donors (Lipinski definition) is 2. The second-order valence-electron chi connectivity index (χ2n) is 8.34. The van der Waals surface area contributed by atoms with E-state index >= 15 is 0 Å². The van der Waals surface area contributed by atoms with E-state index < -0.39 is 11.6 Å². The van der Waals surface area contributed by atoms with Gasteiger partial charge < -0.3 is 15.5 Å². The summed E-state index contributed by atoms with van der Waals surface area (Å²) >= 11 is 0. The lowest BCUT2D eigenvalue weighted by atomic mass is 9.98. The number of nitrogens with one attached hydrogen (secondary N) is 2. The molecule has 1 atom stereocenters. The molecule has 3 fully saturated rings. The van der Waals surface area contributed by atoms with Crippen LogP contribution in [0.5, 0.6) is 0 Å². The average Bonchev–Trinajstić information content (AvgIpc) is 3.48. The molecule has 0 unspecified atom stereocenters. The van der Waals surface area contributed by atoms with E-state index in [1.807, 2.05) is 18.2 Å². The van der Waals surface area contributed by atoms with Crippen molar-refractivity contribution in [3.63, 3.8) is 0 Å². The molecule has 30 heavy (non-hydrogen) atoms. The molecule has 1 saturated carbocycles. The molecule has 5 amide bonds. The van der Waals surface area contributed by atoms with Crippen LogP contribution in [0.4, 0.5) is 4.79 Å². The lowest BCUT2D eigenvalue weighted by Gasteiger charge is -2.24. The first-order valence-corrected chi connectivity index (χ1v) is 10.8. The standard InChI is InChI=1S/C22H28N4O4/c27-18(17-10-6-14-25(17)19(28)16-8-2-1-3-9-16)23-13-7-15-26-20(29)22(24-21(26)30)11-4-5-12-22/h1-3,8-9,17H,4-7,10-15H2,(H,23,27)(H,24,30)/t17-/m0/s1. The van der Waals surface area contributed by atoms with Crippen LogP contribution in [0, 0.1) is 0 Å². The van der Waals surface area contributed by atoms with Crippen molar-refractivity contribution >= 4 is 23.8 Å².